The number of amides is 3. The first-order valence-electron chi connectivity index (χ1n) is 9.54. The van der Waals surface area contributed by atoms with Crippen molar-refractivity contribution in [2.24, 2.45) is 0 Å². The number of hydrogen-bond donors (Lipinski definition) is 3. The summed E-state index contributed by atoms with van der Waals surface area (Å²) in [7, 11) is -3.30. The highest BCUT2D eigenvalue weighted by Crippen LogP contribution is 2.48. The van der Waals surface area contributed by atoms with E-state index >= 15 is 0 Å². The van der Waals surface area contributed by atoms with Crippen molar-refractivity contribution in [2.75, 3.05) is 19.4 Å². The monoisotopic (exact) mass is 425 g/mol. The molecule has 9 heteroatoms. The number of carbonyl (C=O) groups is 2. The summed E-state index contributed by atoms with van der Waals surface area (Å²) in [5.74, 6) is -0.498. The highest BCUT2D eigenvalue weighted by Gasteiger charge is 2.26. The van der Waals surface area contributed by atoms with Gasteiger partial charge in [0.15, 0.2) is 0 Å². The van der Waals surface area contributed by atoms with Crippen molar-refractivity contribution in [3.63, 3.8) is 0 Å². The zero-order chi connectivity index (χ0) is 22.1. The third kappa shape index (κ3) is 8.40. The van der Waals surface area contributed by atoms with Gasteiger partial charge in [0.1, 0.15) is 0 Å². The zero-order valence-corrected chi connectivity index (χ0v) is 18.7. The number of rotatable bonds is 10. The van der Waals surface area contributed by atoms with Gasteiger partial charge in [-0.3, -0.25) is 14.8 Å². The standard InChI is InChI=1S/C20H32N3O5P/c1-7-27-29(26,28-8-2)13-12-18(24)22-23-19(25)21-20(5,6)17-11-9-10-16(14-17)15(3)4/h9-11,14H,3,7-8,12-13H2,1-2,4-6H3,(H,22,24)(H2,21,23,25). The van der Waals surface area contributed by atoms with Crippen LogP contribution in [-0.4, -0.2) is 31.3 Å². The van der Waals surface area contributed by atoms with Gasteiger partial charge in [-0.25, -0.2) is 10.2 Å². The Morgan fingerprint density at radius 1 is 1.14 bits per heavy atom. The Hall–Kier alpha value is -2.15. The van der Waals surface area contributed by atoms with Gasteiger partial charge < -0.3 is 14.4 Å². The Balaban J connectivity index is 2.57. The SMILES string of the molecule is C=C(C)c1cccc(C(C)(C)NC(=O)NNC(=O)CCP(=O)(OCC)OCC)c1. The molecule has 0 atom stereocenters. The van der Waals surface area contributed by atoms with Gasteiger partial charge in [0, 0.05) is 6.42 Å². The van der Waals surface area contributed by atoms with Crippen molar-refractivity contribution in [1.29, 1.82) is 0 Å². The van der Waals surface area contributed by atoms with Gasteiger partial charge in [0.2, 0.25) is 5.91 Å². The molecule has 0 saturated heterocycles. The second kappa shape index (κ2) is 11.1. The van der Waals surface area contributed by atoms with E-state index in [4.69, 9.17) is 9.05 Å². The number of allylic oxidation sites excluding steroid dienone is 1. The second-order valence-corrected chi connectivity index (χ2v) is 9.22. The fourth-order valence-electron chi connectivity index (χ4n) is 2.55. The molecule has 0 heterocycles. The number of nitrogens with one attached hydrogen (secondary N) is 3. The Labute approximate surface area is 172 Å². The average Bonchev–Trinajstić information content (AvgIpc) is 2.65. The molecule has 0 bridgehead atoms. The molecule has 162 valence electrons. The van der Waals surface area contributed by atoms with Gasteiger partial charge in [0.05, 0.1) is 24.9 Å². The van der Waals surface area contributed by atoms with E-state index in [9.17, 15) is 14.2 Å². The maximum atomic E-state index is 12.3. The van der Waals surface area contributed by atoms with E-state index < -0.39 is 25.1 Å². The molecule has 29 heavy (non-hydrogen) atoms. The molecular weight excluding hydrogens is 393 g/mol. The van der Waals surface area contributed by atoms with Crippen LogP contribution in [0.4, 0.5) is 4.79 Å². The molecule has 0 radical (unpaired) electrons. The maximum absolute atomic E-state index is 12.3. The number of carbonyl (C=O) groups excluding carboxylic acids is 2. The van der Waals surface area contributed by atoms with Crippen LogP contribution < -0.4 is 16.2 Å². The minimum Gasteiger partial charge on any atom is -0.328 e. The lowest BCUT2D eigenvalue weighted by atomic mass is 9.92. The summed E-state index contributed by atoms with van der Waals surface area (Å²) < 4.78 is 22.6. The summed E-state index contributed by atoms with van der Waals surface area (Å²) in [6.07, 6.45) is -0.176. The smallest absolute Gasteiger partial charge is 0.328 e. The molecule has 0 unspecified atom stereocenters. The van der Waals surface area contributed by atoms with Gasteiger partial charge in [-0.15, -0.1) is 0 Å². The molecule has 0 spiro atoms. The Morgan fingerprint density at radius 3 is 2.31 bits per heavy atom. The van der Waals surface area contributed by atoms with Gasteiger partial charge in [-0.1, -0.05) is 30.4 Å². The van der Waals surface area contributed by atoms with E-state index in [1.54, 1.807) is 13.8 Å². The predicted molar refractivity (Wildman–Crippen MR) is 114 cm³/mol. The van der Waals surface area contributed by atoms with Crippen LogP contribution in [0.5, 0.6) is 0 Å². The van der Waals surface area contributed by atoms with Crippen LogP contribution in [0.15, 0.2) is 30.8 Å². The number of hydrazine groups is 1. The molecule has 0 aliphatic carbocycles. The van der Waals surface area contributed by atoms with Crippen LogP contribution in [0, 0.1) is 0 Å². The molecule has 0 aromatic heterocycles. The summed E-state index contributed by atoms with van der Waals surface area (Å²) in [4.78, 5) is 24.2. The van der Waals surface area contributed by atoms with Crippen molar-refractivity contribution < 1.29 is 23.2 Å². The van der Waals surface area contributed by atoms with E-state index in [0.717, 1.165) is 16.7 Å². The molecule has 3 amide bonds. The number of benzene rings is 1. The van der Waals surface area contributed by atoms with E-state index in [0.29, 0.717) is 0 Å². The van der Waals surface area contributed by atoms with Crippen LogP contribution in [0.25, 0.3) is 5.57 Å². The molecule has 0 aliphatic rings. The Bertz CT molecular complexity index is 769. The maximum Gasteiger partial charge on any atom is 0.334 e. The zero-order valence-electron chi connectivity index (χ0n) is 17.8. The van der Waals surface area contributed by atoms with Gasteiger partial charge in [0.25, 0.3) is 0 Å². The normalized spacial score (nSPS) is 11.6. The van der Waals surface area contributed by atoms with E-state index in [-0.39, 0.29) is 25.8 Å². The van der Waals surface area contributed by atoms with Crippen molar-refractivity contribution in [2.45, 2.75) is 46.6 Å². The summed E-state index contributed by atoms with van der Waals surface area (Å²) >= 11 is 0. The molecule has 1 aromatic carbocycles. The highest BCUT2D eigenvalue weighted by atomic mass is 31.2. The first kappa shape index (κ1) is 24.9. The summed E-state index contributed by atoms with van der Waals surface area (Å²) in [6, 6.07) is 7.15. The first-order chi connectivity index (χ1) is 13.5. The lowest BCUT2D eigenvalue weighted by Gasteiger charge is -2.27. The lowest BCUT2D eigenvalue weighted by molar-refractivity contribution is -0.121. The highest BCUT2D eigenvalue weighted by molar-refractivity contribution is 7.53. The number of hydrogen-bond acceptors (Lipinski definition) is 5. The van der Waals surface area contributed by atoms with Crippen molar-refractivity contribution >= 4 is 25.1 Å². The van der Waals surface area contributed by atoms with Crippen molar-refractivity contribution in [1.82, 2.24) is 16.2 Å². The van der Waals surface area contributed by atoms with Gasteiger partial charge in [-0.2, -0.15) is 0 Å². The molecule has 0 aliphatic heterocycles. The quantitative estimate of drug-likeness (QED) is 0.389. The molecule has 3 N–H and O–H groups in total. The topological polar surface area (TPSA) is 106 Å². The first-order valence-corrected chi connectivity index (χ1v) is 11.3. The molecular formula is C20H32N3O5P. The van der Waals surface area contributed by atoms with Crippen LogP contribution in [-0.2, 0) is 23.9 Å². The van der Waals surface area contributed by atoms with Crippen molar-refractivity contribution in [3.05, 3.63) is 42.0 Å². The molecule has 8 nitrogen and oxygen atoms in total. The van der Waals surface area contributed by atoms with E-state index in [1.807, 2.05) is 45.0 Å². The van der Waals surface area contributed by atoms with Crippen molar-refractivity contribution in [3.8, 4) is 0 Å². The molecule has 1 aromatic rings. The summed E-state index contributed by atoms with van der Waals surface area (Å²) in [5, 5.41) is 2.81. The van der Waals surface area contributed by atoms with Crippen LogP contribution in [0.1, 0.15) is 52.2 Å². The summed E-state index contributed by atoms with van der Waals surface area (Å²) in [6.45, 7) is 13.4. The van der Waals surface area contributed by atoms with Crippen LogP contribution in [0.3, 0.4) is 0 Å². The lowest BCUT2D eigenvalue weighted by Crippen LogP contribution is -2.52. The third-order valence-corrected chi connectivity index (χ3v) is 6.16. The van der Waals surface area contributed by atoms with Crippen LogP contribution in [0.2, 0.25) is 0 Å². The fraction of sp³-hybridized carbons (Fsp3) is 0.500. The van der Waals surface area contributed by atoms with Gasteiger partial charge in [-0.05, 0) is 51.8 Å². The van der Waals surface area contributed by atoms with E-state index in [2.05, 4.69) is 22.7 Å². The minimum atomic E-state index is -3.30. The predicted octanol–water partition coefficient (Wildman–Crippen LogP) is 3.94. The van der Waals surface area contributed by atoms with Crippen LogP contribution >= 0.6 is 7.60 Å². The van der Waals surface area contributed by atoms with E-state index in [1.165, 1.54) is 0 Å². The summed E-state index contributed by atoms with van der Waals surface area (Å²) in [5.41, 5.74) is 6.73. The Morgan fingerprint density at radius 2 is 1.76 bits per heavy atom. The number of urea groups is 1. The third-order valence-electron chi connectivity index (χ3n) is 4.08. The fourth-order valence-corrected chi connectivity index (χ4v) is 4.14. The largest absolute Gasteiger partial charge is 0.334 e. The minimum absolute atomic E-state index is 0.0665. The molecule has 0 saturated carbocycles. The molecule has 1 rings (SSSR count). The van der Waals surface area contributed by atoms with Gasteiger partial charge >= 0.3 is 13.6 Å². The molecule has 0 fully saturated rings. The average molecular weight is 425 g/mol. The Kier molecular flexibility index (Phi) is 9.56. The second-order valence-electron chi connectivity index (χ2n) is 7.03.